The van der Waals surface area contributed by atoms with E-state index >= 15 is 0 Å². The number of ether oxygens (including phenoxy) is 1. The first kappa shape index (κ1) is 18.6. The van der Waals surface area contributed by atoms with Gasteiger partial charge in [0.1, 0.15) is 17.4 Å². The molecule has 0 aromatic heterocycles. The molecule has 0 saturated carbocycles. The van der Waals surface area contributed by atoms with E-state index in [1.165, 1.54) is 0 Å². The summed E-state index contributed by atoms with van der Waals surface area (Å²) in [5.74, 6) is 0.268. The Morgan fingerprint density at radius 3 is 2.67 bits per heavy atom. The van der Waals surface area contributed by atoms with Crippen LogP contribution in [0.2, 0.25) is 0 Å². The number of nitrogens with one attached hydrogen (secondary N) is 1. The fourth-order valence-corrected chi connectivity index (χ4v) is 3.33. The number of carbonyl (C=O) groups is 1. The van der Waals surface area contributed by atoms with Gasteiger partial charge in [-0.3, -0.25) is 4.79 Å². The van der Waals surface area contributed by atoms with E-state index in [1.807, 2.05) is 73.0 Å². The zero-order valence-corrected chi connectivity index (χ0v) is 15.8. The van der Waals surface area contributed by atoms with Crippen LogP contribution in [0.5, 0.6) is 5.75 Å². The SMILES string of the molecule is COc1cc(/C=C(/C#N)C(=O)Nc2cccc3ccccc23)ccc1SC. The van der Waals surface area contributed by atoms with Crippen molar-refractivity contribution in [1.29, 1.82) is 5.26 Å². The molecule has 0 bridgehead atoms. The monoisotopic (exact) mass is 374 g/mol. The molecule has 0 saturated heterocycles. The Morgan fingerprint density at radius 1 is 1.15 bits per heavy atom. The summed E-state index contributed by atoms with van der Waals surface area (Å²) in [6.07, 6.45) is 3.53. The minimum Gasteiger partial charge on any atom is -0.496 e. The molecule has 0 radical (unpaired) electrons. The van der Waals surface area contributed by atoms with Crippen molar-refractivity contribution < 1.29 is 9.53 Å². The van der Waals surface area contributed by atoms with Gasteiger partial charge in [0.15, 0.2) is 0 Å². The third kappa shape index (κ3) is 4.13. The fourth-order valence-electron chi connectivity index (χ4n) is 2.78. The Hall–Kier alpha value is -3.23. The van der Waals surface area contributed by atoms with Gasteiger partial charge in [-0.05, 0) is 41.5 Å². The summed E-state index contributed by atoms with van der Waals surface area (Å²) in [5.41, 5.74) is 1.44. The Morgan fingerprint density at radius 2 is 1.93 bits per heavy atom. The summed E-state index contributed by atoms with van der Waals surface area (Å²) in [6, 6.07) is 21.0. The third-order valence-electron chi connectivity index (χ3n) is 4.12. The average Bonchev–Trinajstić information content (AvgIpc) is 2.72. The molecule has 3 rings (SSSR count). The van der Waals surface area contributed by atoms with Crippen molar-refractivity contribution in [3.63, 3.8) is 0 Å². The Labute approximate surface area is 162 Å². The Balaban J connectivity index is 1.90. The minimum absolute atomic E-state index is 0.0295. The molecule has 0 heterocycles. The second-order valence-corrected chi connectivity index (χ2v) is 6.61. The first-order valence-electron chi connectivity index (χ1n) is 8.29. The molecule has 1 amide bonds. The molecule has 0 unspecified atom stereocenters. The summed E-state index contributed by atoms with van der Waals surface area (Å²) in [4.78, 5) is 13.6. The smallest absolute Gasteiger partial charge is 0.266 e. The van der Waals surface area contributed by atoms with E-state index in [0.717, 1.165) is 21.2 Å². The predicted octanol–water partition coefficient (Wildman–Crippen LogP) is 5.12. The van der Waals surface area contributed by atoms with Gasteiger partial charge in [0.25, 0.3) is 5.91 Å². The molecule has 0 atom stereocenters. The van der Waals surface area contributed by atoms with Crippen molar-refractivity contribution in [3.8, 4) is 11.8 Å². The maximum absolute atomic E-state index is 12.6. The number of hydrogen-bond acceptors (Lipinski definition) is 4. The van der Waals surface area contributed by atoms with Crippen molar-refractivity contribution >= 4 is 40.2 Å². The number of fused-ring (bicyclic) bond motifs is 1. The van der Waals surface area contributed by atoms with Crippen LogP contribution in [0.15, 0.2) is 71.1 Å². The lowest BCUT2D eigenvalue weighted by atomic mass is 10.1. The maximum Gasteiger partial charge on any atom is 0.266 e. The first-order chi connectivity index (χ1) is 13.2. The topological polar surface area (TPSA) is 62.1 Å². The standard InChI is InChI=1S/C22H18N2O2S/c1-26-20-13-15(10-11-21(20)27-2)12-17(14-23)22(25)24-19-9-5-7-16-6-3-4-8-18(16)19/h3-13H,1-2H3,(H,24,25)/b17-12-. The number of carbonyl (C=O) groups excluding carboxylic acids is 1. The Bertz CT molecular complexity index is 1060. The number of amides is 1. The van der Waals surface area contributed by atoms with Crippen LogP contribution in [0, 0.1) is 11.3 Å². The van der Waals surface area contributed by atoms with Crippen LogP contribution >= 0.6 is 11.8 Å². The molecule has 27 heavy (non-hydrogen) atoms. The number of benzene rings is 3. The van der Waals surface area contributed by atoms with Crippen LogP contribution in [0.4, 0.5) is 5.69 Å². The van der Waals surface area contributed by atoms with Crippen LogP contribution in [0.25, 0.3) is 16.8 Å². The maximum atomic E-state index is 12.6. The zero-order valence-electron chi connectivity index (χ0n) is 15.0. The second-order valence-electron chi connectivity index (χ2n) is 5.77. The van der Waals surface area contributed by atoms with Crippen LogP contribution in [0.1, 0.15) is 5.56 Å². The second kappa shape index (κ2) is 8.43. The number of nitrogens with zero attached hydrogens (tertiary/aromatic N) is 1. The predicted molar refractivity (Wildman–Crippen MR) is 111 cm³/mol. The fraction of sp³-hybridized carbons (Fsp3) is 0.0909. The van der Waals surface area contributed by atoms with Gasteiger partial charge >= 0.3 is 0 Å². The van der Waals surface area contributed by atoms with Crippen LogP contribution in [-0.2, 0) is 4.79 Å². The molecule has 3 aromatic rings. The first-order valence-corrected chi connectivity index (χ1v) is 9.51. The number of rotatable bonds is 5. The molecular formula is C22H18N2O2S. The van der Waals surface area contributed by atoms with E-state index in [9.17, 15) is 10.1 Å². The van der Waals surface area contributed by atoms with Gasteiger partial charge in [0.05, 0.1) is 7.11 Å². The van der Waals surface area contributed by atoms with E-state index in [4.69, 9.17) is 4.74 Å². The van der Waals surface area contributed by atoms with E-state index in [-0.39, 0.29) is 5.57 Å². The molecular weight excluding hydrogens is 356 g/mol. The van der Waals surface area contributed by atoms with E-state index < -0.39 is 5.91 Å². The molecule has 5 heteroatoms. The highest BCUT2D eigenvalue weighted by Gasteiger charge is 2.12. The van der Waals surface area contributed by atoms with Gasteiger partial charge < -0.3 is 10.1 Å². The summed E-state index contributed by atoms with van der Waals surface area (Å²) >= 11 is 1.57. The van der Waals surface area contributed by atoms with E-state index in [0.29, 0.717) is 11.4 Å². The Kier molecular flexibility index (Phi) is 5.80. The van der Waals surface area contributed by atoms with E-state index in [2.05, 4.69) is 5.32 Å². The third-order valence-corrected chi connectivity index (χ3v) is 4.90. The van der Waals surface area contributed by atoms with Gasteiger partial charge in [-0.2, -0.15) is 5.26 Å². The number of anilines is 1. The molecule has 0 aliphatic rings. The normalized spacial score (nSPS) is 11.1. The lowest BCUT2D eigenvalue weighted by Crippen LogP contribution is -2.13. The number of hydrogen-bond donors (Lipinski definition) is 1. The van der Waals surface area contributed by atoms with Crippen molar-refractivity contribution in [2.24, 2.45) is 0 Å². The highest BCUT2D eigenvalue weighted by atomic mass is 32.2. The average molecular weight is 374 g/mol. The van der Waals surface area contributed by atoms with Gasteiger partial charge in [-0.15, -0.1) is 11.8 Å². The summed E-state index contributed by atoms with van der Waals surface area (Å²) in [5, 5.41) is 14.3. The number of nitriles is 1. The van der Waals surface area contributed by atoms with Crippen molar-refractivity contribution in [2.45, 2.75) is 4.90 Å². The van der Waals surface area contributed by atoms with Crippen molar-refractivity contribution in [3.05, 3.63) is 71.8 Å². The quantitative estimate of drug-likeness (QED) is 0.383. The number of methoxy groups -OCH3 is 1. The zero-order chi connectivity index (χ0) is 19.2. The largest absolute Gasteiger partial charge is 0.496 e. The van der Waals surface area contributed by atoms with Gasteiger partial charge in [-0.25, -0.2) is 0 Å². The molecule has 0 spiro atoms. The lowest BCUT2D eigenvalue weighted by molar-refractivity contribution is -0.112. The van der Waals surface area contributed by atoms with Gasteiger partial charge in [0.2, 0.25) is 0 Å². The highest BCUT2D eigenvalue weighted by Crippen LogP contribution is 2.29. The number of thioether (sulfide) groups is 1. The van der Waals surface area contributed by atoms with Crippen molar-refractivity contribution in [2.75, 3.05) is 18.7 Å². The van der Waals surface area contributed by atoms with Crippen LogP contribution < -0.4 is 10.1 Å². The highest BCUT2D eigenvalue weighted by molar-refractivity contribution is 7.98. The molecule has 0 fully saturated rings. The molecule has 4 nitrogen and oxygen atoms in total. The summed E-state index contributed by atoms with van der Waals surface area (Å²) < 4.78 is 5.36. The lowest BCUT2D eigenvalue weighted by Gasteiger charge is -2.09. The van der Waals surface area contributed by atoms with Gasteiger partial charge in [-0.1, -0.05) is 42.5 Å². The molecule has 3 aromatic carbocycles. The molecule has 0 aliphatic heterocycles. The van der Waals surface area contributed by atoms with Crippen LogP contribution in [-0.4, -0.2) is 19.3 Å². The van der Waals surface area contributed by atoms with E-state index in [1.54, 1.807) is 24.9 Å². The van der Waals surface area contributed by atoms with Gasteiger partial charge in [0, 0.05) is 16.0 Å². The summed E-state index contributed by atoms with van der Waals surface area (Å²) in [7, 11) is 1.60. The molecule has 1 N–H and O–H groups in total. The molecule has 0 aliphatic carbocycles. The summed E-state index contributed by atoms with van der Waals surface area (Å²) in [6.45, 7) is 0. The van der Waals surface area contributed by atoms with Crippen molar-refractivity contribution in [1.82, 2.24) is 0 Å². The molecule has 134 valence electrons. The minimum atomic E-state index is -0.443. The van der Waals surface area contributed by atoms with Crippen LogP contribution in [0.3, 0.4) is 0 Å².